The van der Waals surface area contributed by atoms with Crippen LogP contribution in [0, 0.1) is 0 Å². The van der Waals surface area contributed by atoms with Gasteiger partial charge in [0, 0.05) is 68.7 Å². The molecule has 0 saturated heterocycles. The number of fused-ring (bicyclic) bond motifs is 1. The van der Waals surface area contributed by atoms with Gasteiger partial charge in [-0.15, -0.1) is 11.3 Å². The SMILES string of the molecule is CC(=O)N1CCCN(Cc2ccccc2)CCN(C(=O)c2csc(Cc3ccccc3)n2)Cc2cc(Cl)ccc21. The smallest absolute Gasteiger partial charge is 0.273 e. The van der Waals surface area contributed by atoms with Gasteiger partial charge in [-0.05, 0) is 41.3 Å². The molecule has 0 atom stereocenters. The van der Waals surface area contributed by atoms with Gasteiger partial charge in [0.1, 0.15) is 5.69 Å². The van der Waals surface area contributed by atoms with Crippen molar-refractivity contribution in [2.24, 2.45) is 0 Å². The first-order chi connectivity index (χ1) is 19.5. The third kappa shape index (κ3) is 7.16. The first kappa shape index (κ1) is 28.0. The molecule has 0 saturated carbocycles. The lowest BCUT2D eigenvalue weighted by atomic mass is 10.1. The van der Waals surface area contributed by atoms with Crippen molar-refractivity contribution in [3.05, 3.63) is 117 Å². The number of halogens is 1. The highest BCUT2D eigenvalue weighted by molar-refractivity contribution is 7.09. The Labute approximate surface area is 244 Å². The molecule has 0 spiro atoms. The summed E-state index contributed by atoms with van der Waals surface area (Å²) in [6.45, 7) is 5.34. The summed E-state index contributed by atoms with van der Waals surface area (Å²) in [7, 11) is 0. The van der Waals surface area contributed by atoms with Crippen molar-refractivity contribution in [2.45, 2.75) is 32.9 Å². The molecule has 1 aromatic heterocycles. The summed E-state index contributed by atoms with van der Waals surface area (Å²) in [5.41, 5.74) is 4.49. The Hall–Kier alpha value is -3.52. The minimum atomic E-state index is -0.116. The number of benzene rings is 3. The molecule has 0 bridgehead atoms. The van der Waals surface area contributed by atoms with Crippen LogP contribution < -0.4 is 4.90 Å². The zero-order chi connectivity index (χ0) is 27.9. The summed E-state index contributed by atoms with van der Waals surface area (Å²) in [5, 5.41) is 3.34. The summed E-state index contributed by atoms with van der Waals surface area (Å²) in [4.78, 5) is 37.4. The first-order valence-electron chi connectivity index (χ1n) is 13.6. The largest absolute Gasteiger partial charge is 0.332 e. The predicted octanol–water partition coefficient (Wildman–Crippen LogP) is 6.29. The number of carbonyl (C=O) groups excluding carboxylic acids is 2. The van der Waals surface area contributed by atoms with Crippen LogP contribution in [0.2, 0.25) is 5.02 Å². The van der Waals surface area contributed by atoms with E-state index in [0.717, 1.165) is 41.3 Å². The maximum atomic E-state index is 13.9. The van der Waals surface area contributed by atoms with Crippen molar-refractivity contribution < 1.29 is 9.59 Å². The number of hydrogen-bond donors (Lipinski definition) is 0. The topological polar surface area (TPSA) is 56.8 Å². The fourth-order valence-corrected chi connectivity index (χ4v) is 6.10. The van der Waals surface area contributed by atoms with Gasteiger partial charge in [0.2, 0.25) is 5.91 Å². The molecule has 206 valence electrons. The third-order valence-electron chi connectivity index (χ3n) is 7.12. The average molecular weight is 573 g/mol. The second-order valence-electron chi connectivity index (χ2n) is 10.1. The number of rotatable bonds is 5. The van der Waals surface area contributed by atoms with Crippen LogP contribution in [0.25, 0.3) is 0 Å². The average Bonchev–Trinajstić information content (AvgIpc) is 3.41. The Morgan fingerprint density at radius 1 is 0.900 bits per heavy atom. The number of nitrogens with zero attached hydrogens (tertiary/aromatic N) is 4. The zero-order valence-corrected chi connectivity index (χ0v) is 24.2. The second-order valence-corrected chi connectivity index (χ2v) is 11.5. The molecule has 6 nitrogen and oxygen atoms in total. The van der Waals surface area contributed by atoms with E-state index in [1.807, 2.05) is 58.8 Å². The maximum Gasteiger partial charge on any atom is 0.273 e. The molecule has 8 heteroatoms. The van der Waals surface area contributed by atoms with Crippen LogP contribution >= 0.6 is 22.9 Å². The monoisotopic (exact) mass is 572 g/mol. The number of hydrogen-bond acceptors (Lipinski definition) is 5. The molecule has 0 fully saturated rings. The van der Waals surface area contributed by atoms with Gasteiger partial charge in [0.05, 0.1) is 5.01 Å². The van der Waals surface area contributed by atoms with E-state index in [1.54, 1.807) is 17.9 Å². The number of carbonyl (C=O) groups is 2. The molecular weight excluding hydrogens is 540 g/mol. The third-order valence-corrected chi connectivity index (χ3v) is 8.21. The van der Waals surface area contributed by atoms with E-state index in [1.165, 1.54) is 16.9 Å². The lowest BCUT2D eigenvalue weighted by molar-refractivity contribution is -0.116. The molecule has 1 aliphatic rings. The molecule has 0 N–H and O–H groups in total. The summed E-state index contributed by atoms with van der Waals surface area (Å²) < 4.78 is 0. The lowest BCUT2D eigenvalue weighted by Gasteiger charge is -2.28. The Kier molecular flexibility index (Phi) is 9.26. The Morgan fingerprint density at radius 2 is 1.62 bits per heavy atom. The number of anilines is 1. The second kappa shape index (κ2) is 13.2. The van der Waals surface area contributed by atoms with Gasteiger partial charge in [-0.25, -0.2) is 4.98 Å². The van der Waals surface area contributed by atoms with Gasteiger partial charge < -0.3 is 9.80 Å². The van der Waals surface area contributed by atoms with Gasteiger partial charge >= 0.3 is 0 Å². The Morgan fingerprint density at radius 3 is 2.35 bits per heavy atom. The summed E-state index contributed by atoms with van der Waals surface area (Å²) in [5.74, 6) is -0.143. The van der Waals surface area contributed by atoms with E-state index in [4.69, 9.17) is 16.6 Å². The van der Waals surface area contributed by atoms with E-state index < -0.39 is 0 Å². The van der Waals surface area contributed by atoms with E-state index in [0.29, 0.717) is 43.3 Å². The van der Waals surface area contributed by atoms with Crippen molar-refractivity contribution in [2.75, 3.05) is 31.1 Å². The van der Waals surface area contributed by atoms with Gasteiger partial charge in [0.25, 0.3) is 5.91 Å². The normalized spacial score (nSPS) is 14.8. The van der Waals surface area contributed by atoms with Gasteiger partial charge in [-0.1, -0.05) is 72.3 Å². The van der Waals surface area contributed by atoms with E-state index >= 15 is 0 Å². The highest BCUT2D eigenvalue weighted by atomic mass is 35.5. The van der Waals surface area contributed by atoms with Gasteiger partial charge in [-0.3, -0.25) is 14.5 Å². The molecule has 0 radical (unpaired) electrons. The van der Waals surface area contributed by atoms with Crippen molar-refractivity contribution in [3.8, 4) is 0 Å². The number of amides is 2. The van der Waals surface area contributed by atoms with Crippen molar-refractivity contribution in [1.29, 1.82) is 0 Å². The molecule has 40 heavy (non-hydrogen) atoms. The van der Waals surface area contributed by atoms with Crippen molar-refractivity contribution >= 4 is 40.4 Å². The van der Waals surface area contributed by atoms with Crippen LogP contribution in [0.3, 0.4) is 0 Å². The van der Waals surface area contributed by atoms with E-state index in [-0.39, 0.29) is 11.8 Å². The van der Waals surface area contributed by atoms with Crippen LogP contribution in [0.5, 0.6) is 0 Å². The van der Waals surface area contributed by atoms with Crippen LogP contribution in [0.1, 0.15) is 45.5 Å². The summed E-state index contributed by atoms with van der Waals surface area (Å²) >= 11 is 7.92. The van der Waals surface area contributed by atoms with Crippen LogP contribution in [0.4, 0.5) is 5.69 Å². The highest BCUT2D eigenvalue weighted by Gasteiger charge is 2.25. The molecule has 4 aromatic rings. The molecule has 3 aromatic carbocycles. The number of aromatic nitrogens is 1. The fourth-order valence-electron chi connectivity index (χ4n) is 5.10. The first-order valence-corrected chi connectivity index (χ1v) is 14.8. The van der Waals surface area contributed by atoms with E-state index in [9.17, 15) is 9.59 Å². The summed E-state index contributed by atoms with van der Waals surface area (Å²) in [6, 6.07) is 26.1. The quantitative estimate of drug-likeness (QED) is 0.282. The standard InChI is InChI=1S/C32H33ClN4O2S/c1-24(38)37-16-8-15-35(21-26-11-6-3-7-12-26)17-18-36(22-27-20-28(33)13-14-30(27)37)32(39)29-23-40-31(34-29)19-25-9-4-2-5-10-25/h2-7,9-14,20,23H,8,15-19,21-22H2,1H3. The van der Waals surface area contributed by atoms with Crippen LogP contribution in [-0.4, -0.2) is 52.8 Å². The summed E-state index contributed by atoms with van der Waals surface area (Å²) in [6.07, 6.45) is 1.51. The van der Waals surface area contributed by atoms with Crippen LogP contribution in [0.15, 0.2) is 84.2 Å². The van der Waals surface area contributed by atoms with Gasteiger partial charge in [0.15, 0.2) is 0 Å². The highest BCUT2D eigenvalue weighted by Crippen LogP contribution is 2.28. The number of thiazole rings is 1. The maximum absolute atomic E-state index is 13.9. The lowest BCUT2D eigenvalue weighted by Crippen LogP contribution is -2.38. The Balaban J connectivity index is 1.44. The van der Waals surface area contributed by atoms with Crippen molar-refractivity contribution in [1.82, 2.24) is 14.8 Å². The predicted molar refractivity (Wildman–Crippen MR) is 162 cm³/mol. The minimum absolute atomic E-state index is 0.0274. The van der Waals surface area contributed by atoms with Crippen molar-refractivity contribution in [3.63, 3.8) is 0 Å². The fraction of sp³-hybridized carbons (Fsp3) is 0.281. The minimum Gasteiger partial charge on any atom is -0.332 e. The van der Waals surface area contributed by atoms with Crippen LogP contribution in [-0.2, 0) is 24.3 Å². The molecule has 5 rings (SSSR count). The zero-order valence-electron chi connectivity index (χ0n) is 22.6. The molecule has 2 amide bonds. The molecular formula is C32H33ClN4O2S. The molecule has 2 heterocycles. The molecule has 1 aliphatic heterocycles. The molecule has 0 aliphatic carbocycles. The molecule has 0 unspecified atom stereocenters. The van der Waals surface area contributed by atoms with E-state index in [2.05, 4.69) is 29.2 Å². The van der Waals surface area contributed by atoms with Gasteiger partial charge in [-0.2, -0.15) is 0 Å². The Bertz CT molecular complexity index is 1440.